The first-order chi connectivity index (χ1) is 5.65. The predicted molar refractivity (Wildman–Crippen MR) is 40.6 cm³/mol. The monoisotopic (exact) mass is 172 g/mol. The Morgan fingerprint density at radius 3 is 2.67 bits per heavy atom. The molecule has 0 bridgehead atoms. The highest BCUT2D eigenvalue weighted by Gasteiger charge is 2.37. The minimum absolute atomic E-state index is 0.000787. The number of aliphatic hydroxyl groups is 1. The fourth-order valence-corrected chi connectivity index (χ4v) is 1.69. The van der Waals surface area contributed by atoms with Gasteiger partial charge in [0.25, 0.3) is 0 Å². The van der Waals surface area contributed by atoms with E-state index >= 15 is 0 Å². The number of carbonyl (C=O) groups is 2. The number of aliphatic carboxylic acids is 1. The van der Waals surface area contributed by atoms with Crippen molar-refractivity contribution in [3.63, 3.8) is 0 Å². The second-order valence-corrected chi connectivity index (χ2v) is 3.16. The molecule has 12 heavy (non-hydrogen) atoms. The largest absolute Gasteiger partial charge is 0.481 e. The highest BCUT2D eigenvalue weighted by molar-refractivity contribution is 5.87. The number of hydrogen-bond acceptors (Lipinski definition) is 3. The van der Waals surface area contributed by atoms with Crippen molar-refractivity contribution >= 4 is 11.8 Å². The van der Waals surface area contributed by atoms with Crippen molar-refractivity contribution in [2.75, 3.05) is 6.61 Å². The van der Waals surface area contributed by atoms with Gasteiger partial charge < -0.3 is 10.2 Å². The van der Waals surface area contributed by atoms with E-state index < -0.39 is 11.9 Å². The van der Waals surface area contributed by atoms with E-state index in [0.29, 0.717) is 12.8 Å². The van der Waals surface area contributed by atoms with Crippen LogP contribution in [0, 0.1) is 11.8 Å². The first kappa shape index (κ1) is 9.19. The van der Waals surface area contributed by atoms with Gasteiger partial charge in [0, 0.05) is 19.4 Å². The van der Waals surface area contributed by atoms with Gasteiger partial charge in [0.05, 0.1) is 5.92 Å². The molecule has 0 saturated heterocycles. The third kappa shape index (κ3) is 1.82. The van der Waals surface area contributed by atoms with Crippen LogP contribution in [-0.4, -0.2) is 28.6 Å². The number of Topliss-reactive ketones (excluding diaryl/α,β-unsaturated/α-hetero) is 1. The van der Waals surface area contributed by atoms with E-state index in [1.54, 1.807) is 0 Å². The molecule has 4 heteroatoms. The third-order valence-corrected chi connectivity index (χ3v) is 2.32. The Labute approximate surface area is 70.2 Å². The molecule has 0 spiro atoms. The Bertz CT molecular complexity index is 199. The molecule has 1 saturated carbocycles. The number of carboxylic acid groups (broad SMARTS) is 1. The molecule has 2 atom stereocenters. The van der Waals surface area contributed by atoms with Crippen molar-refractivity contribution in [1.29, 1.82) is 0 Å². The van der Waals surface area contributed by atoms with Crippen molar-refractivity contribution in [3.8, 4) is 0 Å². The topological polar surface area (TPSA) is 74.6 Å². The number of ketones is 1. The van der Waals surface area contributed by atoms with Crippen LogP contribution in [0.3, 0.4) is 0 Å². The average molecular weight is 172 g/mol. The lowest BCUT2D eigenvalue weighted by molar-refractivity contribution is -0.143. The zero-order valence-electron chi connectivity index (χ0n) is 6.69. The minimum Gasteiger partial charge on any atom is -0.481 e. The average Bonchev–Trinajstić information content (AvgIpc) is 2.32. The summed E-state index contributed by atoms with van der Waals surface area (Å²) < 4.78 is 0. The van der Waals surface area contributed by atoms with Gasteiger partial charge >= 0.3 is 5.97 Å². The van der Waals surface area contributed by atoms with E-state index in [1.807, 2.05) is 0 Å². The van der Waals surface area contributed by atoms with Crippen LogP contribution < -0.4 is 0 Å². The maximum Gasteiger partial charge on any atom is 0.307 e. The van der Waals surface area contributed by atoms with Crippen LogP contribution in [0.1, 0.15) is 19.3 Å². The van der Waals surface area contributed by atoms with Crippen LogP contribution in [0.4, 0.5) is 0 Å². The van der Waals surface area contributed by atoms with Gasteiger partial charge in [-0.05, 0) is 12.3 Å². The molecular formula is C8H12O4. The Kier molecular flexibility index (Phi) is 2.81. The maximum absolute atomic E-state index is 10.9. The smallest absolute Gasteiger partial charge is 0.307 e. The third-order valence-electron chi connectivity index (χ3n) is 2.32. The van der Waals surface area contributed by atoms with Crippen LogP contribution in [0.15, 0.2) is 0 Å². The second-order valence-electron chi connectivity index (χ2n) is 3.16. The fourth-order valence-electron chi connectivity index (χ4n) is 1.69. The molecule has 2 unspecified atom stereocenters. The Balaban J connectivity index is 2.59. The van der Waals surface area contributed by atoms with Crippen molar-refractivity contribution in [2.45, 2.75) is 19.3 Å². The van der Waals surface area contributed by atoms with Crippen LogP contribution in [0.2, 0.25) is 0 Å². The van der Waals surface area contributed by atoms with Crippen LogP contribution in [0.25, 0.3) is 0 Å². The lowest BCUT2D eigenvalue weighted by Crippen LogP contribution is -2.18. The highest BCUT2D eigenvalue weighted by atomic mass is 16.4. The molecule has 2 N–H and O–H groups in total. The van der Waals surface area contributed by atoms with Gasteiger partial charge in [0.1, 0.15) is 5.78 Å². The summed E-state index contributed by atoms with van der Waals surface area (Å²) in [5.74, 6) is -1.63. The van der Waals surface area contributed by atoms with E-state index in [4.69, 9.17) is 10.2 Å². The number of rotatable bonds is 3. The molecular weight excluding hydrogens is 160 g/mol. The van der Waals surface area contributed by atoms with Gasteiger partial charge in [-0.15, -0.1) is 0 Å². The van der Waals surface area contributed by atoms with Crippen LogP contribution >= 0.6 is 0 Å². The normalized spacial score (nSPS) is 29.2. The molecule has 1 aliphatic carbocycles. The summed E-state index contributed by atoms with van der Waals surface area (Å²) in [4.78, 5) is 21.5. The summed E-state index contributed by atoms with van der Waals surface area (Å²) >= 11 is 0. The number of aliphatic hydroxyl groups excluding tert-OH is 1. The molecule has 1 aliphatic rings. The van der Waals surface area contributed by atoms with Gasteiger partial charge in [-0.1, -0.05) is 0 Å². The summed E-state index contributed by atoms with van der Waals surface area (Å²) in [6.45, 7) is -0.0400. The number of hydrogen-bond donors (Lipinski definition) is 2. The molecule has 0 aromatic carbocycles. The van der Waals surface area contributed by atoms with Crippen molar-refractivity contribution in [3.05, 3.63) is 0 Å². The van der Waals surface area contributed by atoms with Gasteiger partial charge in [-0.2, -0.15) is 0 Å². The minimum atomic E-state index is -0.917. The molecule has 0 amide bonds. The van der Waals surface area contributed by atoms with E-state index in [2.05, 4.69) is 0 Å². The number of carboxylic acids is 1. The summed E-state index contributed by atoms with van der Waals surface area (Å²) in [5, 5.41) is 17.3. The van der Waals surface area contributed by atoms with Crippen molar-refractivity contribution in [1.82, 2.24) is 0 Å². The zero-order valence-corrected chi connectivity index (χ0v) is 6.69. The van der Waals surface area contributed by atoms with Gasteiger partial charge in [0.15, 0.2) is 0 Å². The Morgan fingerprint density at radius 2 is 2.17 bits per heavy atom. The molecule has 0 aliphatic heterocycles. The fraction of sp³-hybridized carbons (Fsp3) is 0.750. The summed E-state index contributed by atoms with van der Waals surface area (Å²) in [7, 11) is 0. The zero-order chi connectivity index (χ0) is 9.14. The molecule has 1 fully saturated rings. The van der Waals surface area contributed by atoms with E-state index in [0.717, 1.165) is 0 Å². The standard InChI is InChI=1S/C8H12O4/c9-2-1-5-3-6(10)4-7(5)8(11)12/h5,7,9H,1-4H2,(H,11,12). The molecule has 4 nitrogen and oxygen atoms in total. The summed E-state index contributed by atoms with van der Waals surface area (Å²) in [6, 6.07) is 0. The van der Waals surface area contributed by atoms with E-state index in [9.17, 15) is 9.59 Å². The maximum atomic E-state index is 10.9. The molecule has 0 aromatic rings. The molecule has 68 valence electrons. The van der Waals surface area contributed by atoms with E-state index in [1.165, 1.54) is 0 Å². The van der Waals surface area contributed by atoms with Gasteiger partial charge in [-0.3, -0.25) is 9.59 Å². The van der Waals surface area contributed by atoms with Crippen molar-refractivity contribution < 1.29 is 19.8 Å². The highest BCUT2D eigenvalue weighted by Crippen LogP contribution is 2.31. The first-order valence-corrected chi connectivity index (χ1v) is 4.00. The second kappa shape index (κ2) is 3.67. The number of carbonyl (C=O) groups excluding carboxylic acids is 1. The lowest BCUT2D eigenvalue weighted by Gasteiger charge is -2.11. The quantitative estimate of drug-likeness (QED) is 0.630. The lowest BCUT2D eigenvalue weighted by atomic mass is 9.93. The van der Waals surface area contributed by atoms with Crippen LogP contribution in [0.5, 0.6) is 0 Å². The SMILES string of the molecule is O=C1CC(CCO)C(C(=O)O)C1. The summed E-state index contributed by atoms with van der Waals surface area (Å²) in [5.41, 5.74) is 0. The Hall–Kier alpha value is -0.900. The van der Waals surface area contributed by atoms with Crippen molar-refractivity contribution in [2.24, 2.45) is 11.8 Å². The van der Waals surface area contributed by atoms with E-state index in [-0.39, 0.29) is 24.7 Å². The van der Waals surface area contributed by atoms with Gasteiger partial charge in [0.2, 0.25) is 0 Å². The summed E-state index contributed by atoms with van der Waals surface area (Å²) in [6.07, 6.45) is 0.875. The molecule has 0 heterocycles. The molecule has 0 aromatic heterocycles. The molecule has 0 radical (unpaired) electrons. The van der Waals surface area contributed by atoms with Gasteiger partial charge in [-0.25, -0.2) is 0 Å². The van der Waals surface area contributed by atoms with Crippen LogP contribution in [-0.2, 0) is 9.59 Å². The molecule has 1 rings (SSSR count). The Morgan fingerprint density at radius 1 is 1.50 bits per heavy atom. The first-order valence-electron chi connectivity index (χ1n) is 4.00. The predicted octanol–water partition coefficient (Wildman–Crippen LogP) is 0.0487.